The van der Waals surface area contributed by atoms with Gasteiger partial charge in [-0.05, 0) is 35.7 Å². The van der Waals surface area contributed by atoms with Gasteiger partial charge in [0.05, 0.1) is 12.2 Å². The van der Waals surface area contributed by atoms with Crippen molar-refractivity contribution in [1.82, 2.24) is 9.13 Å². The number of aromatic nitrogens is 2. The highest BCUT2D eigenvalue weighted by Gasteiger charge is 2.11. The van der Waals surface area contributed by atoms with Crippen LogP contribution in [0.3, 0.4) is 0 Å². The van der Waals surface area contributed by atoms with E-state index in [0.717, 1.165) is 10.9 Å². The first-order valence-corrected chi connectivity index (χ1v) is 6.42. The number of Topliss-reactive ketones (excluding diaryl/α,β-unsaturated/α-hetero) is 1. The summed E-state index contributed by atoms with van der Waals surface area (Å²) < 4.78 is 3.76. The lowest BCUT2D eigenvalue weighted by Gasteiger charge is -2.06. The Kier molecular flexibility index (Phi) is 2.91. The van der Waals surface area contributed by atoms with Crippen molar-refractivity contribution in [2.45, 2.75) is 6.54 Å². The van der Waals surface area contributed by atoms with E-state index in [1.54, 1.807) is 0 Å². The Balaban J connectivity index is 1.96. The Bertz CT molecular complexity index is 754. The summed E-state index contributed by atoms with van der Waals surface area (Å²) in [5.74, 6) is 0.0879. The van der Waals surface area contributed by atoms with Crippen molar-refractivity contribution in [3.63, 3.8) is 0 Å². The Morgan fingerprint density at radius 3 is 2.79 bits per heavy atom. The van der Waals surface area contributed by atoms with Crippen molar-refractivity contribution in [3.05, 3.63) is 59.5 Å². The lowest BCUT2D eigenvalue weighted by molar-refractivity contribution is 0.0965. The van der Waals surface area contributed by atoms with Gasteiger partial charge in [0.25, 0.3) is 0 Å². The van der Waals surface area contributed by atoms with Gasteiger partial charge in [0.15, 0.2) is 5.78 Å². The molecule has 0 saturated heterocycles. The number of ketones is 1. The van der Waals surface area contributed by atoms with Gasteiger partial charge in [0.1, 0.15) is 0 Å². The zero-order chi connectivity index (χ0) is 13.4. The molecule has 0 N–H and O–H groups in total. The lowest BCUT2D eigenvalue weighted by Crippen LogP contribution is -2.12. The molecular formula is C15H13ClN2O. The number of aryl methyl sites for hydroxylation is 1. The fourth-order valence-corrected chi connectivity index (χ4v) is 2.45. The summed E-state index contributed by atoms with van der Waals surface area (Å²) in [4.78, 5) is 12.2. The molecule has 3 aromatic rings. The van der Waals surface area contributed by atoms with E-state index in [2.05, 4.69) is 0 Å². The summed E-state index contributed by atoms with van der Waals surface area (Å²) in [6.07, 6.45) is 3.79. The van der Waals surface area contributed by atoms with Crippen molar-refractivity contribution in [3.8, 4) is 0 Å². The van der Waals surface area contributed by atoms with Crippen LogP contribution in [0.4, 0.5) is 0 Å². The first-order valence-electron chi connectivity index (χ1n) is 6.04. The van der Waals surface area contributed by atoms with Crippen molar-refractivity contribution in [2.75, 3.05) is 0 Å². The second-order valence-corrected chi connectivity index (χ2v) is 5.01. The van der Waals surface area contributed by atoms with E-state index in [9.17, 15) is 4.79 Å². The normalized spacial score (nSPS) is 11.1. The SMILES string of the molecule is Cn1cccc1C(=O)Cn1ccc2ccc(Cl)cc21. The van der Waals surface area contributed by atoms with Crippen LogP contribution < -0.4 is 0 Å². The van der Waals surface area contributed by atoms with E-state index in [-0.39, 0.29) is 5.78 Å². The summed E-state index contributed by atoms with van der Waals surface area (Å²) >= 11 is 6.01. The first kappa shape index (κ1) is 12.1. The minimum atomic E-state index is 0.0879. The molecule has 0 radical (unpaired) electrons. The molecule has 0 aliphatic rings. The molecule has 0 bridgehead atoms. The molecule has 0 amide bonds. The summed E-state index contributed by atoms with van der Waals surface area (Å²) in [5.41, 5.74) is 1.69. The molecule has 2 aromatic heterocycles. The third-order valence-corrected chi connectivity index (χ3v) is 3.51. The van der Waals surface area contributed by atoms with Crippen LogP contribution in [0.25, 0.3) is 10.9 Å². The van der Waals surface area contributed by atoms with E-state index in [4.69, 9.17) is 11.6 Å². The number of hydrogen-bond acceptors (Lipinski definition) is 1. The van der Waals surface area contributed by atoms with Crippen LogP contribution in [0.2, 0.25) is 5.02 Å². The Morgan fingerprint density at radius 1 is 1.21 bits per heavy atom. The fourth-order valence-electron chi connectivity index (χ4n) is 2.28. The predicted octanol–water partition coefficient (Wildman–Crippen LogP) is 3.52. The smallest absolute Gasteiger partial charge is 0.198 e. The van der Waals surface area contributed by atoms with E-state index in [1.165, 1.54) is 0 Å². The maximum Gasteiger partial charge on any atom is 0.198 e. The molecule has 0 fully saturated rings. The summed E-state index contributed by atoms with van der Waals surface area (Å²) in [5, 5.41) is 1.77. The van der Waals surface area contributed by atoms with Gasteiger partial charge in [-0.1, -0.05) is 17.7 Å². The molecule has 4 heteroatoms. The van der Waals surface area contributed by atoms with E-state index in [0.29, 0.717) is 17.3 Å². The number of hydrogen-bond donors (Lipinski definition) is 0. The lowest BCUT2D eigenvalue weighted by atomic mass is 10.2. The van der Waals surface area contributed by atoms with Gasteiger partial charge in [-0.15, -0.1) is 0 Å². The molecule has 0 saturated carbocycles. The van der Waals surface area contributed by atoms with Crippen LogP contribution in [0, 0.1) is 0 Å². The van der Waals surface area contributed by atoms with Crippen LogP contribution in [-0.4, -0.2) is 14.9 Å². The van der Waals surface area contributed by atoms with Crippen molar-refractivity contribution >= 4 is 28.3 Å². The number of nitrogens with zero attached hydrogens (tertiary/aromatic N) is 2. The van der Waals surface area contributed by atoms with Gasteiger partial charge in [-0.3, -0.25) is 4.79 Å². The molecule has 3 rings (SSSR count). The topological polar surface area (TPSA) is 26.9 Å². The van der Waals surface area contributed by atoms with Gasteiger partial charge in [-0.25, -0.2) is 0 Å². The number of rotatable bonds is 3. The van der Waals surface area contributed by atoms with Crippen molar-refractivity contribution < 1.29 is 4.79 Å². The van der Waals surface area contributed by atoms with E-state index in [1.807, 2.05) is 65.0 Å². The maximum absolute atomic E-state index is 12.2. The van der Waals surface area contributed by atoms with Crippen LogP contribution in [0.1, 0.15) is 10.5 Å². The van der Waals surface area contributed by atoms with Crippen LogP contribution >= 0.6 is 11.6 Å². The number of carbonyl (C=O) groups is 1. The molecule has 1 aromatic carbocycles. The van der Waals surface area contributed by atoms with E-state index >= 15 is 0 Å². The largest absolute Gasteiger partial charge is 0.348 e. The quantitative estimate of drug-likeness (QED) is 0.670. The molecule has 2 heterocycles. The number of carbonyl (C=O) groups excluding carboxylic acids is 1. The second kappa shape index (κ2) is 4.59. The third kappa shape index (κ3) is 2.17. The highest BCUT2D eigenvalue weighted by Crippen LogP contribution is 2.21. The fraction of sp³-hybridized carbons (Fsp3) is 0.133. The van der Waals surface area contributed by atoms with Gasteiger partial charge in [0.2, 0.25) is 0 Å². The number of fused-ring (bicyclic) bond motifs is 1. The van der Waals surface area contributed by atoms with Crippen molar-refractivity contribution in [2.24, 2.45) is 7.05 Å². The Morgan fingerprint density at radius 2 is 2.05 bits per heavy atom. The molecule has 0 atom stereocenters. The second-order valence-electron chi connectivity index (χ2n) is 4.57. The van der Waals surface area contributed by atoms with Crippen molar-refractivity contribution in [1.29, 1.82) is 0 Å². The summed E-state index contributed by atoms with van der Waals surface area (Å²) in [7, 11) is 1.87. The zero-order valence-corrected chi connectivity index (χ0v) is 11.3. The highest BCUT2D eigenvalue weighted by atomic mass is 35.5. The van der Waals surface area contributed by atoms with Gasteiger partial charge in [0, 0.05) is 30.0 Å². The van der Waals surface area contributed by atoms with Gasteiger partial charge in [-0.2, -0.15) is 0 Å². The Hall–Kier alpha value is -2.00. The predicted molar refractivity (Wildman–Crippen MR) is 76.7 cm³/mol. The molecule has 3 nitrogen and oxygen atoms in total. The number of benzene rings is 1. The maximum atomic E-state index is 12.2. The molecule has 0 unspecified atom stereocenters. The molecule has 0 spiro atoms. The average molecular weight is 273 g/mol. The van der Waals surface area contributed by atoms with E-state index < -0.39 is 0 Å². The van der Waals surface area contributed by atoms with Crippen LogP contribution in [0.15, 0.2) is 48.8 Å². The monoisotopic (exact) mass is 272 g/mol. The Labute approximate surface area is 116 Å². The third-order valence-electron chi connectivity index (χ3n) is 3.28. The minimum Gasteiger partial charge on any atom is -0.348 e. The molecule has 19 heavy (non-hydrogen) atoms. The molecular weight excluding hydrogens is 260 g/mol. The standard InChI is InChI=1S/C15H13ClN2O/c1-17-7-2-3-13(17)15(19)10-18-8-6-11-4-5-12(16)9-14(11)18/h2-9H,10H2,1H3. The highest BCUT2D eigenvalue weighted by molar-refractivity contribution is 6.31. The van der Waals surface area contributed by atoms with Crippen LogP contribution in [-0.2, 0) is 13.6 Å². The summed E-state index contributed by atoms with van der Waals surface area (Å²) in [6.45, 7) is 0.321. The molecule has 0 aliphatic carbocycles. The van der Waals surface area contributed by atoms with Crippen LogP contribution in [0.5, 0.6) is 0 Å². The molecule has 96 valence electrons. The first-order chi connectivity index (χ1) is 9.15. The van der Waals surface area contributed by atoms with Gasteiger partial charge >= 0.3 is 0 Å². The van der Waals surface area contributed by atoms with Gasteiger partial charge < -0.3 is 9.13 Å². The zero-order valence-electron chi connectivity index (χ0n) is 10.5. The summed E-state index contributed by atoms with van der Waals surface area (Å²) in [6, 6.07) is 11.4. The molecule has 0 aliphatic heterocycles. The number of halogens is 1. The average Bonchev–Trinajstić information content (AvgIpc) is 2.96. The minimum absolute atomic E-state index is 0.0879.